The molecule has 26 heavy (non-hydrogen) atoms. The smallest absolute Gasteiger partial charge is 0.214 e. The highest BCUT2D eigenvalue weighted by atomic mass is 35.5. The number of hydrogen-bond donors (Lipinski definition) is 2. The predicted molar refractivity (Wildman–Crippen MR) is 99.4 cm³/mol. The molecule has 0 saturated carbocycles. The van der Waals surface area contributed by atoms with Crippen LogP contribution in [0.1, 0.15) is 17.4 Å². The van der Waals surface area contributed by atoms with Gasteiger partial charge in [-0.2, -0.15) is 0 Å². The molecule has 7 nitrogen and oxygen atoms in total. The molecule has 1 aromatic heterocycles. The van der Waals surface area contributed by atoms with E-state index in [4.69, 9.17) is 16.3 Å². The van der Waals surface area contributed by atoms with Gasteiger partial charge in [0.1, 0.15) is 26.2 Å². The van der Waals surface area contributed by atoms with E-state index in [0.29, 0.717) is 13.2 Å². The first-order chi connectivity index (χ1) is 12.7. The Labute approximate surface area is 159 Å². The zero-order chi connectivity index (χ0) is 18.4. The average Bonchev–Trinajstić information content (AvgIpc) is 3.11. The number of tetrazole rings is 1. The summed E-state index contributed by atoms with van der Waals surface area (Å²) in [7, 11) is 1.69. The number of benzene rings is 1. The van der Waals surface area contributed by atoms with Crippen molar-refractivity contribution >= 4 is 11.6 Å². The normalized spacial score (nSPS) is 21.5. The van der Waals surface area contributed by atoms with Crippen molar-refractivity contribution < 1.29 is 14.5 Å². The molecule has 0 spiro atoms. The highest BCUT2D eigenvalue weighted by Crippen LogP contribution is 2.19. The van der Waals surface area contributed by atoms with Gasteiger partial charge in [-0.15, -0.1) is 5.10 Å². The van der Waals surface area contributed by atoms with Gasteiger partial charge in [0.05, 0.1) is 19.7 Å². The van der Waals surface area contributed by atoms with Crippen molar-refractivity contribution in [2.24, 2.45) is 0 Å². The largest absolute Gasteiger partial charge is 0.383 e. The fourth-order valence-electron chi connectivity index (χ4n) is 3.60. The Bertz CT molecular complexity index is 696. The summed E-state index contributed by atoms with van der Waals surface area (Å²) in [6, 6.07) is 8.12. The molecule has 0 bridgehead atoms. The number of hydrogen-bond acceptors (Lipinski definition) is 4. The molecule has 1 fully saturated rings. The van der Waals surface area contributed by atoms with Gasteiger partial charge < -0.3 is 14.5 Å². The highest BCUT2D eigenvalue weighted by molar-refractivity contribution is 6.30. The number of aromatic nitrogens is 4. The summed E-state index contributed by atoms with van der Waals surface area (Å²) in [4.78, 5) is 3.06. The summed E-state index contributed by atoms with van der Waals surface area (Å²) in [6.45, 7) is 10.5. The van der Waals surface area contributed by atoms with Gasteiger partial charge in [-0.25, -0.2) is 4.68 Å². The van der Waals surface area contributed by atoms with Crippen molar-refractivity contribution in [2.75, 3.05) is 46.4 Å². The van der Waals surface area contributed by atoms with Crippen molar-refractivity contribution in [3.63, 3.8) is 0 Å². The number of quaternary nitrogens is 2. The molecule has 2 heterocycles. The van der Waals surface area contributed by atoms with Crippen molar-refractivity contribution in [1.29, 1.82) is 0 Å². The van der Waals surface area contributed by atoms with E-state index < -0.39 is 0 Å². The van der Waals surface area contributed by atoms with E-state index in [0.717, 1.165) is 43.6 Å². The monoisotopic (exact) mass is 378 g/mol. The zero-order valence-corrected chi connectivity index (χ0v) is 16.0. The number of nitrogens with zero attached hydrogens (tertiary/aromatic N) is 4. The molecule has 0 amide bonds. The molecule has 1 aromatic carbocycles. The molecule has 8 heteroatoms. The SMILES string of the molecule is C=CC[NH+]1CC[NH+]([C@H](c2ccc(Cl)cc2)c2nnnn2CCOC)CC1. The van der Waals surface area contributed by atoms with Crippen molar-refractivity contribution in [3.05, 3.63) is 53.3 Å². The first kappa shape index (κ1) is 19.0. The Morgan fingerprint density at radius 1 is 1.27 bits per heavy atom. The first-order valence-electron chi connectivity index (χ1n) is 9.02. The predicted octanol–water partition coefficient (Wildman–Crippen LogP) is -0.968. The molecule has 2 aromatic rings. The molecule has 1 aliphatic heterocycles. The van der Waals surface area contributed by atoms with Crippen LogP contribution in [-0.4, -0.2) is 66.6 Å². The number of methoxy groups -OCH3 is 1. The third-order valence-electron chi connectivity index (χ3n) is 4.97. The van der Waals surface area contributed by atoms with Crippen LogP contribution in [0.4, 0.5) is 0 Å². The molecule has 0 aliphatic carbocycles. The van der Waals surface area contributed by atoms with Crippen molar-refractivity contribution in [2.45, 2.75) is 12.6 Å². The summed E-state index contributed by atoms with van der Waals surface area (Å²) in [5.41, 5.74) is 1.19. The maximum absolute atomic E-state index is 6.10. The number of halogens is 1. The van der Waals surface area contributed by atoms with Crippen LogP contribution in [-0.2, 0) is 11.3 Å². The topological polar surface area (TPSA) is 61.7 Å². The maximum Gasteiger partial charge on any atom is 0.214 e. The molecular weight excluding hydrogens is 352 g/mol. The fraction of sp³-hybridized carbons (Fsp3) is 0.500. The lowest BCUT2D eigenvalue weighted by Gasteiger charge is -2.33. The molecule has 1 atom stereocenters. The highest BCUT2D eigenvalue weighted by Gasteiger charge is 2.35. The van der Waals surface area contributed by atoms with Crippen LogP contribution >= 0.6 is 11.6 Å². The van der Waals surface area contributed by atoms with Gasteiger partial charge in [0.25, 0.3) is 0 Å². The average molecular weight is 379 g/mol. The summed E-state index contributed by atoms with van der Waals surface area (Å²) < 4.78 is 7.06. The summed E-state index contributed by atoms with van der Waals surface area (Å²) in [6.07, 6.45) is 2.00. The first-order valence-corrected chi connectivity index (χ1v) is 9.40. The Hall–Kier alpha value is -1.80. The van der Waals surface area contributed by atoms with E-state index in [1.807, 2.05) is 22.9 Å². The summed E-state index contributed by atoms with van der Waals surface area (Å²) in [5, 5.41) is 13.2. The van der Waals surface area contributed by atoms with E-state index >= 15 is 0 Å². The lowest BCUT2D eigenvalue weighted by molar-refractivity contribution is -1.02. The van der Waals surface area contributed by atoms with Crippen molar-refractivity contribution in [3.8, 4) is 0 Å². The van der Waals surface area contributed by atoms with E-state index in [1.54, 1.807) is 12.0 Å². The Balaban J connectivity index is 1.87. The van der Waals surface area contributed by atoms with Crippen LogP contribution in [0.5, 0.6) is 0 Å². The second kappa shape index (κ2) is 9.23. The standard InChI is InChI=1S/C18H25ClN6O/c1-3-8-23-9-11-24(12-10-23)17(15-4-6-16(19)7-5-15)18-20-21-22-25(18)13-14-26-2/h3-7,17H,1,8-14H2,2H3/p+2/t17-/m1/s1. The van der Waals surface area contributed by atoms with Crippen molar-refractivity contribution in [1.82, 2.24) is 20.2 Å². The van der Waals surface area contributed by atoms with Crippen LogP contribution in [0.25, 0.3) is 0 Å². The molecule has 3 rings (SSSR count). The molecule has 0 unspecified atom stereocenters. The summed E-state index contributed by atoms with van der Waals surface area (Å²) in [5.74, 6) is 0.881. The van der Waals surface area contributed by atoms with Crippen LogP contribution in [0.3, 0.4) is 0 Å². The molecule has 140 valence electrons. The lowest BCUT2D eigenvalue weighted by Crippen LogP contribution is -3.28. The molecular formula is C18H27ClN6O+2. The van der Waals surface area contributed by atoms with E-state index in [1.165, 1.54) is 10.5 Å². The molecule has 2 N–H and O–H groups in total. The quantitative estimate of drug-likeness (QED) is 0.580. The zero-order valence-electron chi connectivity index (χ0n) is 15.2. The van der Waals surface area contributed by atoms with Gasteiger partial charge in [0, 0.05) is 17.7 Å². The third kappa shape index (κ3) is 4.48. The second-order valence-electron chi connectivity index (χ2n) is 6.64. The maximum atomic E-state index is 6.10. The van der Waals surface area contributed by atoms with Crippen LogP contribution in [0.15, 0.2) is 36.9 Å². The van der Waals surface area contributed by atoms with Gasteiger partial charge in [-0.3, -0.25) is 0 Å². The molecule has 0 radical (unpaired) electrons. The van der Waals surface area contributed by atoms with E-state index in [2.05, 4.69) is 34.2 Å². The van der Waals surface area contributed by atoms with Gasteiger partial charge in [-0.1, -0.05) is 30.3 Å². The Kier molecular flexibility index (Phi) is 6.73. The Morgan fingerprint density at radius 3 is 2.65 bits per heavy atom. The van der Waals surface area contributed by atoms with E-state index in [-0.39, 0.29) is 6.04 Å². The number of piperazine rings is 1. The minimum absolute atomic E-state index is 0.0874. The summed E-state index contributed by atoms with van der Waals surface area (Å²) >= 11 is 6.10. The Morgan fingerprint density at radius 2 is 2.00 bits per heavy atom. The van der Waals surface area contributed by atoms with Gasteiger partial charge in [-0.05, 0) is 28.6 Å². The number of rotatable bonds is 8. The van der Waals surface area contributed by atoms with Gasteiger partial charge >= 0.3 is 0 Å². The molecule has 1 saturated heterocycles. The van der Waals surface area contributed by atoms with Crippen LogP contribution in [0.2, 0.25) is 5.02 Å². The van der Waals surface area contributed by atoms with E-state index in [9.17, 15) is 0 Å². The minimum atomic E-state index is 0.0874. The van der Waals surface area contributed by atoms with Crippen LogP contribution < -0.4 is 9.80 Å². The molecule has 1 aliphatic rings. The number of ether oxygens (including phenoxy) is 1. The van der Waals surface area contributed by atoms with Gasteiger partial charge in [0.15, 0.2) is 6.04 Å². The second-order valence-corrected chi connectivity index (χ2v) is 7.08. The van der Waals surface area contributed by atoms with Crippen LogP contribution in [0, 0.1) is 0 Å². The number of nitrogens with one attached hydrogen (secondary N) is 2. The third-order valence-corrected chi connectivity index (χ3v) is 5.22. The minimum Gasteiger partial charge on any atom is -0.383 e. The lowest BCUT2D eigenvalue weighted by atomic mass is 10.0. The van der Waals surface area contributed by atoms with Gasteiger partial charge in [0.2, 0.25) is 5.82 Å². The fourth-order valence-corrected chi connectivity index (χ4v) is 3.73.